The van der Waals surface area contributed by atoms with Crippen molar-refractivity contribution in [3.8, 4) is 5.75 Å². The molecule has 0 saturated carbocycles. The summed E-state index contributed by atoms with van der Waals surface area (Å²) in [6, 6.07) is 5.47. The minimum Gasteiger partial charge on any atom is -0.489 e. The molecule has 1 aromatic carbocycles. The van der Waals surface area contributed by atoms with Crippen LogP contribution in [0.3, 0.4) is 0 Å². The van der Waals surface area contributed by atoms with Crippen LogP contribution in [0.2, 0.25) is 0 Å². The van der Waals surface area contributed by atoms with Gasteiger partial charge in [-0.3, -0.25) is 4.79 Å². The molecule has 5 nitrogen and oxygen atoms in total. The SMILES string of the molecule is CCOC(=O)CCNc1ccc(N)c(OC(C)C)c1. The van der Waals surface area contributed by atoms with E-state index >= 15 is 0 Å². The molecule has 0 aliphatic carbocycles. The van der Waals surface area contributed by atoms with Gasteiger partial charge in [0, 0.05) is 18.3 Å². The molecule has 1 rings (SSSR count). The van der Waals surface area contributed by atoms with Gasteiger partial charge in [0.1, 0.15) is 5.75 Å². The van der Waals surface area contributed by atoms with E-state index in [1.165, 1.54) is 0 Å². The van der Waals surface area contributed by atoms with E-state index in [-0.39, 0.29) is 12.1 Å². The number of anilines is 2. The highest BCUT2D eigenvalue weighted by Gasteiger charge is 2.05. The lowest BCUT2D eigenvalue weighted by Gasteiger charge is -2.14. The average Bonchev–Trinajstić information content (AvgIpc) is 2.33. The third-order valence-corrected chi connectivity index (χ3v) is 2.34. The predicted molar refractivity (Wildman–Crippen MR) is 76.4 cm³/mol. The fourth-order valence-corrected chi connectivity index (χ4v) is 1.54. The first kappa shape index (κ1) is 15.1. The molecule has 0 bridgehead atoms. The van der Waals surface area contributed by atoms with E-state index in [1.807, 2.05) is 26.0 Å². The van der Waals surface area contributed by atoms with Crippen molar-refractivity contribution < 1.29 is 14.3 Å². The van der Waals surface area contributed by atoms with Crippen molar-refractivity contribution in [2.75, 3.05) is 24.2 Å². The molecule has 0 aliphatic heterocycles. The fraction of sp³-hybridized carbons (Fsp3) is 0.500. The van der Waals surface area contributed by atoms with Crippen LogP contribution in [0, 0.1) is 0 Å². The molecule has 0 heterocycles. The summed E-state index contributed by atoms with van der Waals surface area (Å²) in [5.74, 6) is 0.445. The molecule has 0 saturated heterocycles. The Morgan fingerprint density at radius 2 is 2.16 bits per heavy atom. The number of nitrogen functional groups attached to an aromatic ring is 1. The van der Waals surface area contributed by atoms with Gasteiger partial charge in [0.2, 0.25) is 0 Å². The van der Waals surface area contributed by atoms with Crippen molar-refractivity contribution in [3.05, 3.63) is 18.2 Å². The zero-order chi connectivity index (χ0) is 14.3. The average molecular weight is 266 g/mol. The molecule has 0 aromatic heterocycles. The summed E-state index contributed by atoms with van der Waals surface area (Å²) in [4.78, 5) is 11.2. The second-order valence-electron chi connectivity index (χ2n) is 4.40. The predicted octanol–water partition coefficient (Wildman–Crippen LogP) is 2.42. The summed E-state index contributed by atoms with van der Waals surface area (Å²) in [6.07, 6.45) is 0.399. The van der Waals surface area contributed by atoms with Crippen LogP contribution in [0.25, 0.3) is 0 Å². The first-order valence-electron chi connectivity index (χ1n) is 6.48. The van der Waals surface area contributed by atoms with Gasteiger partial charge in [0.25, 0.3) is 0 Å². The van der Waals surface area contributed by atoms with Gasteiger partial charge in [-0.15, -0.1) is 0 Å². The molecule has 106 valence electrons. The zero-order valence-corrected chi connectivity index (χ0v) is 11.7. The largest absolute Gasteiger partial charge is 0.489 e. The van der Waals surface area contributed by atoms with E-state index in [2.05, 4.69) is 5.32 Å². The number of hydrogen-bond acceptors (Lipinski definition) is 5. The Labute approximate surface area is 114 Å². The second-order valence-corrected chi connectivity index (χ2v) is 4.40. The van der Waals surface area contributed by atoms with Gasteiger partial charge in [0.05, 0.1) is 24.8 Å². The molecule has 0 aliphatic rings. The van der Waals surface area contributed by atoms with Gasteiger partial charge in [-0.1, -0.05) is 0 Å². The van der Waals surface area contributed by atoms with E-state index in [0.29, 0.717) is 31.0 Å². The monoisotopic (exact) mass is 266 g/mol. The molecule has 0 amide bonds. The van der Waals surface area contributed by atoms with Gasteiger partial charge in [-0.2, -0.15) is 0 Å². The first-order valence-corrected chi connectivity index (χ1v) is 6.48. The van der Waals surface area contributed by atoms with Crippen molar-refractivity contribution in [1.82, 2.24) is 0 Å². The number of benzene rings is 1. The lowest BCUT2D eigenvalue weighted by atomic mass is 10.2. The molecule has 1 aromatic rings. The minimum atomic E-state index is -0.205. The fourth-order valence-electron chi connectivity index (χ4n) is 1.54. The van der Waals surface area contributed by atoms with Crippen LogP contribution in [0.1, 0.15) is 27.2 Å². The van der Waals surface area contributed by atoms with Gasteiger partial charge in [-0.25, -0.2) is 0 Å². The van der Waals surface area contributed by atoms with E-state index in [1.54, 1.807) is 13.0 Å². The molecule has 19 heavy (non-hydrogen) atoms. The molecule has 0 fully saturated rings. The Kier molecular flexibility index (Phi) is 5.99. The van der Waals surface area contributed by atoms with Crippen LogP contribution in [0.4, 0.5) is 11.4 Å². The zero-order valence-electron chi connectivity index (χ0n) is 11.7. The van der Waals surface area contributed by atoms with E-state index in [0.717, 1.165) is 5.69 Å². The summed E-state index contributed by atoms with van der Waals surface area (Å²) in [5.41, 5.74) is 7.30. The number of rotatable bonds is 7. The quantitative estimate of drug-likeness (QED) is 0.585. The number of carbonyl (C=O) groups excluding carboxylic acids is 1. The first-order chi connectivity index (χ1) is 9.02. The van der Waals surface area contributed by atoms with Crippen LogP contribution in [0.5, 0.6) is 5.75 Å². The van der Waals surface area contributed by atoms with Crippen molar-refractivity contribution in [3.63, 3.8) is 0 Å². The Hall–Kier alpha value is -1.91. The molecule has 0 unspecified atom stereocenters. The Bertz CT molecular complexity index is 419. The minimum absolute atomic E-state index is 0.0667. The maximum atomic E-state index is 11.2. The van der Waals surface area contributed by atoms with Gasteiger partial charge in [0.15, 0.2) is 0 Å². The maximum Gasteiger partial charge on any atom is 0.307 e. The number of carbonyl (C=O) groups is 1. The van der Waals surface area contributed by atoms with Crippen molar-refractivity contribution in [2.45, 2.75) is 33.3 Å². The van der Waals surface area contributed by atoms with Crippen molar-refractivity contribution in [2.24, 2.45) is 0 Å². The lowest BCUT2D eigenvalue weighted by molar-refractivity contribution is -0.142. The number of hydrogen-bond donors (Lipinski definition) is 2. The van der Waals surface area contributed by atoms with Gasteiger partial charge >= 0.3 is 5.97 Å². The van der Waals surface area contributed by atoms with E-state index in [9.17, 15) is 4.79 Å². The van der Waals surface area contributed by atoms with E-state index in [4.69, 9.17) is 15.2 Å². The standard InChI is InChI=1S/C14H22N2O3/c1-4-18-14(17)7-8-16-11-5-6-12(15)13(9-11)19-10(2)3/h5-6,9-10,16H,4,7-8,15H2,1-3H3. The Morgan fingerprint density at radius 1 is 1.42 bits per heavy atom. The highest BCUT2D eigenvalue weighted by atomic mass is 16.5. The topological polar surface area (TPSA) is 73.6 Å². The summed E-state index contributed by atoms with van der Waals surface area (Å²) < 4.78 is 10.4. The Morgan fingerprint density at radius 3 is 2.79 bits per heavy atom. The highest BCUT2D eigenvalue weighted by Crippen LogP contribution is 2.26. The third kappa shape index (κ3) is 5.50. The highest BCUT2D eigenvalue weighted by molar-refractivity contribution is 5.70. The van der Waals surface area contributed by atoms with E-state index < -0.39 is 0 Å². The second kappa shape index (κ2) is 7.51. The third-order valence-electron chi connectivity index (χ3n) is 2.34. The number of esters is 1. The van der Waals surface area contributed by atoms with Crippen LogP contribution in [-0.4, -0.2) is 25.2 Å². The molecule has 0 spiro atoms. The summed E-state index contributed by atoms with van der Waals surface area (Å²) in [5, 5.41) is 3.14. The normalized spacial score (nSPS) is 10.3. The molecule has 3 N–H and O–H groups in total. The number of ether oxygens (including phenoxy) is 2. The van der Waals surface area contributed by atoms with Crippen molar-refractivity contribution in [1.29, 1.82) is 0 Å². The van der Waals surface area contributed by atoms with Crippen LogP contribution in [0.15, 0.2) is 18.2 Å². The number of nitrogens with two attached hydrogens (primary N) is 1. The Balaban J connectivity index is 2.52. The van der Waals surface area contributed by atoms with Crippen LogP contribution < -0.4 is 15.8 Å². The maximum absolute atomic E-state index is 11.2. The molecule has 0 atom stereocenters. The summed E-state index contributed by atoms with van der Waals surface area (Å²) in [7, 11) is 0. The molecular formula is C14H22N2O3. The van der Waals surface area contributed by atoms with Gasteiger partial charge < -0.3 is 20.5 Å². The lowest BCUT2D eigenvalue weighted by Crippen LogP contribution is -2.12. The number of nitrogens with one attached hydrogen (secondary N) is 1. The smallest absolute Gasteiger partial charge is 0.307 e. The van der Waals surface area contributed by atoms with Crippen LogP contribution >= 0.6 is 0 Å². The summed E-state index contributed by atoms with van der Waals surface area (Å²) in [6.45, 7) is 6.61. The molecule has 0 radical (unpaired) electrons. The molecule has 5 heteroatoms. The summed E-state index contributed by atoms with van der Waals surface area (Å²) >= 11 is 0. The van der Waals surface area contributed by atoms with Crippen molar-refractivity contribution >= 4 is 17.3 Å². The van der Waals surface area contributed by atoms with Crippen LogP contribution in [-0.2, 0) is 9.53 Å². The molecular weight excluding hydrogens is 244 g/mol. The van der Waals surface area contributed by atoms with Gasteiger partial charge in [-0.05, 0) is 32.9 Å².